The van der Waals surface area contributed by atoms with Crippen LogP contribution in [0.5, 0.6) is 0 Å². The first kappa shape index (κ1) is 27.1. The SMILES string of the molecule is CCNC(=NCC(C)(O)CN1CCOCC1)NCC1(N2CCCCC2)CCCCC1.I. The van der Waals surface area contributed by atoms with Crippen LogP contribution in [0.15, 0.2) is 4.99 Å². The Kier molecular flexibility index (Phi) is 11.8. The highest BCUT2D eigenvalue weighted by Gasteiger charge is 2.38. The van der Waals surface area contributed by atoms with Crippen molar-refractivity contribution in [3.05, 3.63) is 0 Å². The molecule has 182 valence electrons. The molecule has 1 saturated carbocycles. The fraction of sp³-hybridized carbons (Fsp3) is 0.957. The van der Waals surface area contributed by atoms with Gasteiger partial charge in [0.2, 0.25) is 0 Å². The van der Waals surface area contributed by atoms with Crippen LogP contribution < -0.4 is 10.6 Å². The fourth-order valence-electron chi connectivity index (χ4n) is 5.31. The van der Waals surface area contributed by atoms with E-state index in [1.54, 1.807) is 0 Å². The maximum absolute atomic E-state index is 10.9. The molecule has 2 aliphatic heterocycles. The number of guanidine groups is 1. The first-order valence-electron chi connectivity index (χ1n) is 12.3. The minimum atomic E-state index is -0.838. The molecule has 31 heavy (non-hydrogen) atoms. The summed E-state index contributed by atoms with van der Waals surface area (Å²) in [4.78, 5) is 9.81. The summed E-state index contributed by atoms with van der Waals surface area (Å²) in [6, 6.07) is 0. The number of halogens is 1. The van der Waals surface area contributed by atoms with Gasteiger partial charge in [-0.05, 0) is 52.6 Å². The maximum atomic E-state index is 10.9. The van der Waals surface area contributed by atoms with Gasteiger partial charge in [-0.15, -0.1) is 24.0 Å². The van der Waals surface area contributed by atoms with E-state index in [2.05, 4.69) is 27.4 Å². The molecule has 0 aromatic carbocycles. The van der Waals surface area contributed by atoms with Gasteiger partial charge in [-0.1, -0.05) is 25.7 Å². The Morgan fingerprint density at radius 1 is 1.00 bits per heavy atom. The van der Waals surface area contributed by atoms with Crippen LogP contribution in [-0.4, -0.2) is 97.6 Å². The van der Waals surface area contributed by atoms with E-state index >= 15 is 0 Å². The van der Waals surface area contributed by atoms with E-state index in [0.29, 0.717) is 13.1 Å². The summed E-state index contributed by atoms with van der Waals surface area (Å²) < 4.78 is 5.42. The summed E-state index contributed by atoms with van der Waals surface area (Å²) in [6.45, 7) is 12.6. The van der Waals surface area contributed by atoms with Gasteiger partial charge in [-0.2, -0.15) is 0 Å². The van der Waals surface area contributed by atoms with Gasteiger partial charge >= 0.3 is 0 Å². The fourth-order valence-corrected chi connectivity index (χ4v) is 5.31. The number of hydrogen-bond donors (Lipinski definition) is 3. The summed E-state index contributed by atoms with van der Waals surface area (Å²) in [5.74, 6) is 0.835. The van der Waals surface area contributed by atoms with Crippen LogP contribution in [0.25, 0.3) is 0 Å². The van der Waals surface area contributed by atoms with Crippen molar-refractivity contribution in [3.63, 3.8) is 0 Å². The molecule has 0 aromatic rings. The molecule has 2 heterocycles. The molecule has 3 fully saturated rings. The van der Waals surface area contributed by atoms with Crippen molar-refractivity contribution in [1.82, 2.24) is 20.4 Å². The van der Waals surface area contributed by atoms with Crippen molar-refractivity contribution in [2.45, 2.75) is 76.4 Å². The van der Waals surface area contributed by atoms with Gasteiger partial charge in [0, 0.05) is 38.3 Å². The van der Waals surface area contributed by atoms with Gasteiger partial charge in [-0.25, -0.2) is 0 Å². The largest absolute Gasteiger partial charge is 0.387 e. The lowest BCUT2D eigenvalue weighted by atomic mass is 9.79. The topological polar surface area (TPSA) is 72.4 Å². The Balaban J connectivity index is 0.00000341. The highest BCUT2D eigenvalue weighted by atomic mass is 127. The molecule has 1 unspecified atom stereocenters. The molecule has 0 aromatic heterocycles. The van der Waals surface area contributed by atoms with Crippen LogP contribution in [0.2, 0.25) is 0 Å². The van der Waals surface area contributed by atoms with Crippen molar-refractivity contribution in [2.75, 3.05) is 65.6 Å². The second-order valence-electron chi connectivity index (χ2n) is 9.77. The molecule has 2 saturated heterocycles. The summed E-state index contributed by atoms with van der Waals surface area (Å²) in [5, 5.41) is 18.0. The van der Waals surface area contributed by atoms with Crippen LogP contribution in [0, 0.1) is 0 Å². The maximum Gasteiger partial charge on any atom is 0.191 e. The number of rotatable bonds is 8. The third-order valence-electron chi connectivity index (χ3n) is 6.99. The molecule has 0 spiro atoms. The highest BCUT2D eigenvalue weighted by molar-refractivity contribution is 14.0. The summed E-state index contributed by atoms with van der Waals surface area (Å²) in [6.07, 6.45) is 10.7. The number of morpholine rings is 1. The Morgan fingerprint density at radius 2 is 1.65 bits per heavy atom. The lowest BCUT2D eigenvalue weighted by Gasteiger charge is -2.48. The molecule has 0 radical (unpaired) electrons. The molecule has 7 nitrogen and oxygen atoms in total. The molecular weight excluding hydrogens is 505 g/mol. The summed E-state index contributed by atoms with van der Waals surface area (Å²) in [5.41, 5.74) is -0.569. The average molecular weight is 552 g/mol. The third kappa shape index (κ3) is 8.61. The standard InChI is InChI=1S/C23H45N5O2.HI/c1-3-24-21(25-18-22(2,29)20-27-14-16-30-17-15-27)26-19-23(10-6-4-7-11-23)28-12-8-5-9-13-28;/h29H,3-20H2,1-2H3,(H2,24,25,26);1H. The van der Waals surface area contributed by atoms with Crippen LogP contribution in [-0.2, 0) is 4.74 Å². The molecule has 1 atom stereocenters. The Morgan fingerprint density at radius 3 is 2.29 bits per heavy atom. The van der Waals surface area contributed by atoms with E-state index < -0.39 is 5.60 Å². The van der Waals surface area contributed by atoms with E-state index in [1.165, 1.54) is 64.5 Å². The number of likely N-dealkylation sites (tertiary alicyclic amines) is 1. The van der Waals surface area contributed by atoms with Crippen molar-refractivity contribution in [1.29, 1.82) is 0 Å². The van der Waals surface area contributed by atoms with E-state index in [4.69, 9.17) is 9.73 Å². The Labute approximate surface area is 206 Å². The molecule has 1 aliphatic carbocycles. The third-order valence-corrected chi connectivity index (χ3v) is 6.99. The predicted octanol–water partition coefficient (Wildman–Crippen LogP) is 2.43. The van der Waals surface area contributed by atoms with E-state index in [9.17, 15) is 5.11 Å². The number of aliphatic hydroxyl groups is 1. The molecular formula is C23H46IN5O2. The average Bonchev–Trinajstić information content (AvgIpc) is 2.77. The second kappa shape index (κ2) is 13.5. The number of piperidine rings is 1. The molecule has 3 N–H and O–H groups in total. The minimum absolute atomic E-state index is 0. The van der Waals surface area contributed by atoms with Gasteiger partial charge < -0.3 is 20.5 Å². The van der Waals surface area contributed by atoms with E-state index in [-0.39, 0.29) is 29.5 Å². The summed E-state index contributed by atoms with van der Waals surface area (Å²) in [7, 11) is 0. The number of nitrogens with one attached hydrogen (secondary N) is 2. The van der Waals surface area contributed by atoms with Gasteiger partial charge in [0.1, 0.15) is 0 Å². The number of β-amino-alcohol motifs (C(OH)–C–C–N with tert-alkyl or cyclic N) is 1. The number of hydrogen-bond acceptors (Lipinski definition) is 5. The quantitative estimate of drug-likeness (QED) is 0.245. The smallest absolute Gasteiger partial charge is 0.191 e. The van der Waals surface area contributed by atoms with Gasteiger partial charge in [0.25, 0.3) is 0 Å². The van der Waals surface area contributed by atoms with Crippen molar-refractivity contribution in [3.8, 4) is 0 Å². The summed E-state index contributed by atoms with van der Waals surface area (Å²) >= 11 is 0. The van der Waals surface area contributed by atoms with Crippen molar-refractivity contribution < 1.29 is 9.84 Å². The van der Waals surface area contributed by atoms with Crippen LogP contribution in [0.4, 0.5) is 0 Å². The first-order chi connectivity index (χ1) is 14.5. The van der Waals surface area contributed by atoms with Crippen molar-refractivity contribution >= 4 is 29.9 Å². The molecule has 0 amide bonds. The van der Waals surface area contributed by atoms with Gasteiger partial charge in [0.05, 0.1) is 25.4 Å². The molecule has 3 aliphatic rings. The number of aliphatic imine (C=N–C) groups is 1. The number of nitrogens with zero attached hydrogens (tertiary/aromatic N) is 3. The molecule has 8 heteroatoms. The zero-order valence-electron chi connectivity index (χ0n) is 19.8. The highest BCUT2D eigenvalue weighted by Crippen LogP contribution is 2.35. The number of ether oxygens (including phenoxy) is 1. The first-order valence-corrected chi connectivity index (χ1v) is 12.3. The lowest BCUT2D eigenvalue weighted by molar-refractivity contribution is -0.0180. The normalized spacial score (nSPS) is 25.3. The van der Waals surface area contributed by atoms with E-state index in [0.717, 1.165) is 45.4 Å². The Bertz CT molecular complexity index is 528. The van der Waals surface area contributed by atoms with Crippen LogP contribution in [0.1, 0.15) is 65.2 Å². The zero-order chi connectivity index (χ0) is 21.3. The molecule has 3 rings (SSSR count). The Hall–Kier alpha value is -0.160. The minimum Gasteiger partial charge on any atom is -0.387 e. The lowest BCUT2D eigenvalue weighted by Crippen LogP contribution is -2.59. The monoisotopic (exact) mass is 551 g/mol. The van der Waals surface area contributed by atoms with E-state index in [1.807, 2.05) is 6.92 Å². The van der Waals surface area contributed by atoms with Gasteiger partial charge in [0.15, 0.2) is 5.96 Å². The molecule has 0 bridgehead atoms. The van der Waals surface area contributed by atoms with Crippen molar-refractivity contribution in [2.24, 2.45) is 4.99 Å². The van der Waals surface area contributed by atoms with Gasteiger partial charge in [-0.3, -0.25) is 14.8 Å². The zero-order valence-corrected chi connectivity index (χ0v) is 22.2. The predicted molar refractivity (Wildman–Crippen MR) is 139 cm³/mol. The second-order valence-corrected chi connectivity index (χ2v) is 9.77. The van der Waals surface area contributed by atoms with Crippen LogP contribution in [0.3, 0.4) is 0 Å². The van der Waals surface area contributed by atoms with Crippen LogP contribution >= 0.6 is 24.0 Å².